The van der Waals surface area contributed by atoms with Gasteiger partial charge in [-0.15, -0.1) is 0 Å². The summed E-state index contributed by atoms with van der Waals surface area (Å²) in [6.45, 7) is 1.22. The van der Waals surface area contributed by atoms with Crippen molar-refractivity contribution in [3.05, 3.63) is 90.8 Å². The van der Waals surface area contributed by atoms with Gasteiger partial charge in [-0.25, -0.2) is 0 Å². The van der Waals surface area contributed by atoms with Crippen LogP contribution in [-0.4, -0.2) is 23.5 Å². The third-order valence-corrected chi connectivity index (χ3v) is 5.24. The van der Waals surface area contributed by atoms with E-state index in [1.54, 1.807) is 0 Å². The van der Waals surface area contributed by atoms with E-state index >= 15 is 0 Å². The van der Waals surface area contributed by atoms with Crippen molar-refractivity contribution in [3.8, 4) is 0 Å². The summed E-state index contributed by atoms with van der Waals surface area (Å²) in [6, 6.07) is 26.2. The molecule has 3 aromatic carbocycles. The van der Waals surface area contributed by atoms with Gasteiger partial charge in [0.2, 0.25) is 0 Å². The maximum atomic E-state index is 4.14. The summed E-state index contributed by atoms with van der Waals surface area (Å²) < 4.78 is 0. The molecule has 1 aliphatic heterocycles. The van der Waals surface area contributed by atoms with E-state index in [4.69, 9.17) is 0 Å². The predicted molar refractivity (Wildman–Crippen MR) is 110 cm³/mol. The normalized spacial score (nSPS) is 17.2. The quantitative estimate of drug-likeness (QED) is 0.405. The van der Waals surface area contributed by atoms with Crippen LogP contribution in [0.25, 0.3) is 21.5 Å². The van der Waals surface area contributed by atoms with E-state index in [2.05, 4.69) is 83.7 Å². The van der Waals surface area contributed by atoms with Gasteiger partial charge in [-0.05, 0) is 59.6 Å². The van der Waals surface area contributed by atoms with Gasteiger partial charge in [-0.3, -0.25) is 9.88 Å². The topological polar surface area (TPSA) is 16.1 Å². The van der Waals surface area contributed by atoms with Crippen LogP contribution < -0.4 is 0 Å². The molecule has 0 amide bonds. The number of likely N-dealkylation sites (tertiary alicyclic amines) is 1. The molecule has 0 radical (unpaired) electrons. The Morgan fingerprint density at radius 1 is 0.808 bits per heavy atom. The largest absolute Gasteiger partial charge is 0.299 e. The van der Waals surface area contributed by atoms with Gasteiger partial charge < -0.3 is 0 Å². The molecule has 0 spiro atoms. The molecule has 2 heteroatoms. The lowest BCUT2D eigenvalue weighted by Crippen LogP contribution is -2.17. The minimum absolute atomic E-state index is 0.610. The third-order valence-electron chi connectivity index (χ3n) is 5.24. The summed E-state index contributed by atoms with van der Waals surface area (Å²) in [5, 5.41) is 5.30. The molecule has 26 heavy (non-hydrogen) atoms. The first kappa shape index (κ1) is 16.7. The van der Waals surface area contributed by atoms with Crippen molar-refractivity contribution >= 4 is 21.5 Å². The molecule has 2 nitrogen and oxygen atoms in total. The fourth-order valence-electron chi connectivity index (χ4n) is 3.86. The Labute approximate surface area is 155 Å². The van der Waals surface area contributed by atoms with Gasteiger partial charge >= 0.3 is 0 Å². The average Bonchev–Trinajstić information content (AvgIpc) is 3.15. The van der Waals surface area contributed by atoms with Crippen LogP contribution in [0.3, 0.4) is 0 Å². The number of hydrogen-bond donors (Lipinski definition) is 0. The van der Waals surface area contributed by atoms with Crippen LogP contribution in [0.5, 0.6) is 0 Å². The van der Waals surface area contributed by atoms with E-state index in [1.807, 2.05) is 18.5 Å². The summed E-state index contributed by atoms with van der Waals surface area (Å²) in [6.07, 6.45) is 6.41. The lowest BCUT2D eigenvalue weighted by molar-refractivity contribution is 0.317. The molecule has 1 fully saturated rings. The predicted octanol–water partition coefficient (Wildman–Crippen LogP) is 5.84. The maximum Gasteiger partial charge on any atom is 0.0360 e. The smallest absolute Gasteiger partial charge is 0.0360 e. The zero-order valence-electron chi connectivity index (χ0n) is 15.2. The van der Waals surface area contributed by atoms with E-state index < -0.39 is 0 Å². The molecule has 1 saturated heterocycles. The van der Waals surface area contributed by atoms with E-state index in [1.165, 1.54) is 46.5 Å². The Hall–Kier alpha value is -2.71. The maximum absolute atomic E-state index is 4.14. The molecule has 1 aliphatic rings. The molecule has 1 unspecified atom stereocenters. The van der Waals surface area contributed by atoms with Gasteiger partial charge in [0, 0.05) is 18.4 Å². The molecule has 1 aromatic heterocycles. The fourth-order valence-corrected chi connectivity index (χ4v) is 3.86. The second-order valence-corrected chi connectivity index (χ2v) is 6.93. The number of fused-ring (bicyclic) bond motifs is 3. The highest BCUT2D eigenvalue weighted by molar-refractivity contribution is 6.07. The van der Waals surface area contributed by atoms with Crippen LogP contribution in [0.15, 0.2) is 85.2 Å². The first-order valence-corrected chi connectivity index (χ1v) is 9.29. The van der Waals surface area contributed by atoms with Crippen LogP contribution in [-0.2, 0) is 0 Å². The van der Waals surface area contributed by atoms with Gasteiger partial charge in [0.15, 0.2) is 0 Å². The molecule has 0 bridgehead atoms. The second-order valence-electron chi connectivity index (χ2n) is 6.93. The zero-order valence-corrected chi connectivity index (χ0v) is 15.2. The molecular weight excluding hydrogens is 316 g/mol. The number of aromatic nitrogens is 1. The first-order valence-electron chi connectivity index (χ1n) is 9.29. The molecule has 1 atom stereocenters. The summed E-state index contributed by atoms with van der Waals surface area (Å²) in [5.74, 6) is 0. The molecule has 130 valence electrons. The van der Waals surface area contributed by atoms with Crippen molar-refractivity contribution in [1.29, 1.82) is 0 Å². The van der Waals surface area contributed by atoms with Crippen LogP contribution in [0.4, 0.5) is 0 Å². The highest BCUT2D eigenvalue weighted by atomic mass is 15.1. The molecule has 0 aliphatic carbocycles. The van der Waals surface area contributed by atoms with Crippen molar-refractivity contribution in [2.75, 3.05) is 13.6 Å². The summed E-state index contributed by atoms with van der Waals surface area (Å²) in [5.41, 5.74) is 1.36. The molecule has 2 heterocycles. The van der Waals surface area contributed by atoms with E-state index in [0.29, 0.717) is 6.04 Å². The van der Waals surface area contributed by atoms with Gasteiger partial charge in [0.1, 0.15) is 0 Å². The Kier molecular flexibility index (Phi) is 4.94. The van der Waals surface area contributed by atoms with Crippen molar-refractivity contribution in [2.24, 2.45) is 0 Å². The van der Waals surface area contributed by atoms with Crippen LogP contribution in [0.2, 0.25) is 0 Å². The molecular formula is C24H24N2. The van der Waals surface area contributed by atoms with Crippen LogP contribution in [0.1, 0.15) is 24.4 Å². The molecule has 0 N–H and O–H groups in total. The minimum Gasteiger partial charge on any atom is -0.299 e. The number of rotatable bonds is 1. The van der Waals surface area contributed by atoms with Gasteiger partial charge in [0.25, 0.3) is 0 Å². The number of hydrogen-bond acceptors (Lipinski definition) is 2. The first-order chi connectivity index (χ1) is 12.8. The van der Waals surface area contributed by atoms with Crippen molar-refractivity contribution < 1.29 is 0 Å². The summed E-state index contributed by atoms with van der Waals surface area (Å²) in [4.78, 5) is 6.54. The lowest BCUT2D eigenvalue weighted by atomic mass is 10.0. The minimum atomic E-state index is 0.610. The standard InChI is InChI=1S/C14H10.C10H14N2/c1-3-7-13-11(5-1)9-10-12-6-2-4-8-14(12)13;1-12-7-3-5-10(12)9-4-2-6-11-8-9/h1-10H;2,4,6,8,10H,3,5,7H2,1H3. The SMILES string of the molecule is CN1CCCC1c1cccnc1.c1ccc2c(c1)ccc1ccccc12. The molecule has 4 aromatic rings. The van der Waals surface area contributed by atoms with Crippen molar-refractivity contribution in [1.82, 2.24) is 9.88 Å². The van der Waals surface area contributed by atoms with Gasteiger partial charge in [-0.1, -0.05) is 66.7 Å². The number of nitrogens with zero attached hydrogens (tertiary/aromatic N) is 2. The Bertz CT molecular complexity index is 940. The summed E-state index contributed by atoms with van der Waals surface area (Å²) in [7, 11) is 2.19. The van der Waals surface area contributed by atoms with Crippen molar-refractivity contribution in [2.45, 2.75) is 18.9 Å². The average molecular weight is 340 g/mol. The van der Waals surface area contributed by atoms with E-state index in [-0.39, 0.29) is 0 Å². The van der Waals surface area contributed by atoms with Crippen molar-refractivity contribution in [3.63, 3.8) is 0 Å². The van der Waals surface area contributed by atoms with Gasteiger partial charge in [0.05, 0.1) is 0 Å². The highest BCUT2D eigenvalue weighted by Gasteiger charge is 2.21. The zero-order chi connectivity index (χ0) is 17.8. The molecule has 5 rings (SSSR count). The highest BCUT2D eigenvalue weighted by Crippen LogP contribution is 2.29. The van der Waals surface area contributed by atoms with Crippen LogP contribution in [0, 0.1) is 0 Å². The Morgan fingerprint density at radius 3 is 2.00 bits per heavy atom. The van der Waals surface area contributed by atoms with Crippen LogP contribution >= 0.6 is 0 Å². The Morgan fingerprint density at radius 2 is 1.46 bits per heavy atom. The molecule has 0 saturated carbocycles. The summed E-state index contributed by atoms with van der Waals surface area (Å²) >= 11 is 0. The number of benzene rings is 3. The lowest BCUT2D eigenvalue weighted by Gasteiger charge is -2.18. The Balaban J connectivity index is 0.000000131. The van der Waals surface area contributed by atoms with Gasteiger partial charge in [-0.2, -0.15) is 0 Å². The second kappa shape index (κ2) is 7.67. The van der Waals surface area contributed by atoms with E-state index in [0.717, 1.165) is 0 Å². The number of pyridine rings is 1. The monoisotopic (exact) mass is 340 g/mol. The third kappa shape index (κ3) is 3.47. The fraction of sp³-hybridized carbons (Fsp3) is 0.208. The van der Waals surface area contributed by atoms with E-state index in [9.17, 15) is 0 Å².